The Morgan fingerprint density at radius 3 is 2.72 bits per heavy atom. The summed E-state index contributed by atoms with van der Waals surface area (Å²) >= 11 is 0. The van der Waals surface area contributed by atoms with E-state index in [4.69, 9.17) is 5.11 Å². The summed E-state index contributed by atoms with van der Waals surface area (Å²) in [5.41, 5.74) is -0.665. The largest absolute Gasteiger partial charge is 0.465 e. The van der Waals surface area contributed by atoms with Crippen molar-refractivity contribution in [3.05, 3.63) is 27.0 Å². The third-order valence-electron chi connectivity index (χ3n) is 3.01. The molecule has 1 aromatic rings. The number of H-pyrrole nitrogens is 2. The number of piperazine rings is 1. The lowest BCUT2D eigenvalue weighted by molar-refractivity contribution is 0.122. The van der Waals surface area contributed by atoms with E-state index in [1.165, 1.54) is 11.1 Å². The average Bonchev–Trinajstić information content (AvgIpc) is 2.28. The molecule has 18 heavy (non-hydrogen) atoms. The van der Waals surface area contributed by atoms with Crippen molar-refractivity contribution in [1.29, 1.82) is 0 Å². The Hall–Kier alpha value is -2.25. The predicted molar refractivity (Wildman–Crippen MR) is 64.1 cm³/mol. The molecule has 1 saturated heterocycles. The molecule has 1 unspecified atom stereocenters. The number of aromatic nitrogens is 2. The van der Waals surface area contributed by atoms with Gasteiger partial charge in [0, 0.05) is 31.9 Å². The Morgan fingerprint density at radius 1 is 1.44 bits per heavy atom. The van der Waals surface area contributed by atoms with Crippen molar-refractivity contribution >= 4 is 11.8 Å². The molecule has 0 spiro atoms. The van der Waals surface area contributed by atoms with E-state index in [-0.39, 0.29) is 6.04 Å². The Bertz CT molecular complexity index is 563. The maximum atomic E-state index is 11.6. The quantitative estimate of drug-likeness (QED) is 0.611. The van der Waals surface area contributed by atoms with E-state index in [1.54, 1.807) is 11.8 Å². The van der Waals surface area contributed by atoms with Crippen molar-refractivity contribution in [2.45, 2.75) is 13.0 Å². The Balaban J connectivity index is 2.20. The smallest absolute Gasteiger partial charge is 0.407 e. The van der Waals surface area contributed by atoms with Crippen molar-refractivity contribution in [2.75, 3.05) is 24.5 Å². The van der Waals surface area contributed by atoms with Gasteiger partial charge in [-0.15, -0.1) is 0 Å². The van der Waals surface area contributed by atoms with Crippen LogP contribution in [0.15, 0.2) is 15.8 Å². The summed E-state index contributed by atoms with van der Waals surface area (Å²) < 4.78 is 0. The van der Waals surface area contributed by atoms with E-state index >= 15 is 0 Å². The van der Waals surface area contributed by atoms with Crippen molar-refractivity contribution < 1.29 is 9.90 Å². The van der Waals surface area contributed by atoms with Crippen molar-refractivity contribution in [1.82, 2.24) is 14.9 Å². The van der Waals surface area contributed by atoms with Gasteiger partial charge >= 0.3 is 11.8 Å². The number of hydrogen-bond acceptors (Lipinski definition) is 4. The maximum Gasteiger partial charge on any atom is 0.407 e. The molecule has 0 bridgehead atoms. The fourth-order valence-corrected chi connectivity index (χ4v) is 2.10. The van der Waals surface area contributed by atoms with Crippen LogP contribution in [0.1, 0.15) is 6.92 Å². The van der Waals surface area contributed by atoms with Gasteiger partial charge in [0.05, 0.1) is 0 Å². The molecule has 0 aliphatic carbocycles. The molecule has 1 amide bonds. The number of hydrogen-bond donors (Lipinski definition) is 3. The van der Waals surface area contributed by atoms with Crippen LogP contribution in [0.5, 0.6) is 0 Å². The SMILES string of the molecule is CC1CN(c2c[nH]c(=O)[nH]c2=O)CCN1C(=O)O. The molecular formula is C10H14N4O4. The second-order valence-electron chi connectivity index (χ2n) is 4.23. The lowest BCUT2D eigenvalue weighted by atomic mass is 10.2. The van der Waals surface area contributed by atoms with Crippen LogP contribution < -0.4 is 16.1 Å². The van der Waals surface area contributed by atoms with E-state index in [2.05, 4.69) is 9.97 Å². The molecule has 1 atom stereocenters. The molecule has 98 valence electrons. The molecule has 0 aromatic carbocycles. The number of nitrogens with zero attached hydrogens (tertiary/aromatic N) is 2. The van der Waals surface area contributed by atoms with E-state index in [0.717, 1.165) is 0 Å². The van der Waals surface area contributed by atoms with Gasteiger partial charge in [-0.25, -0.2) is 9.59 Å². The summed E-state index contributed by atoms with van der Waals surface area (Å²) in [6.45, 7) is 2.95. The molecule has 1 fully saturated rings. The molecule has 2 heterocycles. The van der Waals surface area contributed by atoms with E-state index in [9.17, 15) is 14.4 Å². The number of anilines is 1. The van der Waals surface area contributed by atoms with Crippen LogP contribution in [0.2, 0.25) is 0 Å². The van der Waals surface area contributed by atoms with Gasteiger partial charge in [0.15, 0.2) is 0 Å². The lowest BCUT2D eigenvalue weighted by Crippen LogP contribution is -2.54. The van der Waals surface area contributed by atoms with Gasteiger partial charge in [0.1, 0.15) is 5.69 Å². The van der Waals surface area contributed by atoms with Crippen molar-refractivity contribution in [3.8, 4) is 0 Å². The van der Waals surface area contributed by atoms with Crippen LogP contribution in [0, 0.1) is 0 Å². The summed E-state index contributed by atoms with van der Waals surface area (Å²) in [7, 11) is 0. The molecule has 0 radical (unpaired) electrons. The normalized spacial score (nSPS) is 19.9. The van der Waals surface area contributed by atoms with Gasteiger partial charge in [-0.3, -0.25) is 9.78 Å². The number of aromatic amines is 2. The zero-order valence-electron chi connectivity index (χ0n) is 9.84. The van der Waals surface area contributed by atoms with E-state index < -0.39 is 17.3 Å². The van der Waals surface area contributed by atoms with Gasteiger partial charge in [-0.2, -0.15) is 0 Å². The topological polar surface area (TPSA) is 110 Å². The van der Waals surface area contributed by atoms with Gasteiger partial charge in [0.25, 0.3) is 5.56 Å². The van der Waals surface area contributed by atoms with Crippen LogP contribution in [0.3, 0.4) is 0 Å². The first-order valence-electron chi connectivity index (χ1n) is 5.55. The number of nitrogens with one attached hydrogen (secondary N) is 2. The summed E-state index contributed by atoms with van der Waals surface area (Å²) in [6.07, 6.45) is 0.391. The first kappa shape index (κ1) is 12.2. The first-order chi connectivity index (χ1) is 8.49. The molecule has 8 nitrogen and oxygen atoms in total. The standard InChI is InChI=1S/C10H14N4O4/c1-6-5-13(2-3-14(6)10(17)18)7-4-11-9(16)12-8(7)15/h4,6H,2-3,5H2,1H3,(H,17,18)(H2,11,12,15,16). The highest BCUT2D eigenvalue weighted by Gasteiger charge is 2.28. The summed E-state index contributed by atoms with van der Waals surface area (Å²) in [6, 6.07) is -0.206. The summed E-state index contributed by atoms with van der Waals surface area (Å²) in [4.78, 5) is 41.1. The maximum absolute atomic E-state index is 11.6. The molecular weight excluding hydrogens is 240 g/mol. The Morgan fingerprint density at radius 2 is 2.17 bits per heavy atom. The molecule has 0 saturated carbocycles. The number of carbonyl (C=O) groups is 1. The number of carboxylic acid groups (broad SMARTS) is 1. The minimum absolute atomic E-state index is 0.206. The fraction of sp³-hybridized carbons (Fsp3) is 0.500. The number of rotatable bonds is 1. The fourth-order valence-electron chi connectivity index (χ4n) is 2.10. The molecule has 8 heteroatoms. The first-order valence-corrected chi connectivity index (χ1v) is 5.55. The average molecular weight is 254 g/mol. The van der Waals surface area contributed by atoms with E-state index in [1.807, 2.05) is 0 Å². The van der Waals surface area contributed by atoms with Crippen LogP contribution >= 0.6 is 0 Å². The highest BCUT2D eigenvalue weighted by atomic mass is 16.4. The zero-order chi connectivity index (χ0) is 13.3. The van der Waals surface area contributed by atoms with Crippen molar-refractivity contribution in [3.63, 3.8) is 0 Å². The molecule has 1 aliphatic rings. The van der Waals surface area contributed by atoms with Gasteiger partial charge < -0.3 is 19.9 Å². The van der Waals surface area contributed by atoms with Crippen LogP contribution in [0.25, 0.3) is 0 Å². The molecule has 1 aliphatic heterocycles. The summed E-state index contributed by atoms with van der Waals surface area (Å²) in [5, 5.41) is 8.95. The second kappa shape index (κ2) is 4.55. The second-order valence-corrected chi connectivity index (χ2v) is 4.23. The molecule has 2 rings (SSSR count). The van der Waals surface area contributed by atoms with Crippen molar-refractivity contribution in [2.24, 2.45) is 0 Å². The molecule has 1 aromatic heterocycles. The van der Waals surface area contributed by atoms with Crippen LogP contribution in [-0.2, 0) is 0 Å². The van der Waals surface area contributed by atoms with E-state index in [0.29, 0.717) is 25.3 Å². The number of amides is 1. The monoisotopic (exact) mass is 254 g/mol. The highest BCUT2D eigenvalue weighted by molar-refractivity contribution is 5.66. The lowest BCUT2D eigenvalue weighted by Gasteiger charge is -2.38. The zero-order valence-corrected chi connectivity index (χ0v) is 9.84. The Kier molecular flexibility index (Phi) is 3.09. The van der Waals surface area contributed by atoms with Gasteiger partial charge in [-0.1, -0.05) is 0 Å². The minimum Gasteiger partial charge on any atom is -0.465 e. The third-order valence-corrected chi connectivity index (χ3v) is 3.01. The Labute approximate surface area is 102 Å². The summed E-state index contributed by atoms with van der Waals surface area (Å²) in [5.74, 6) is 0. The van der Waals surface area contributed by atoms with Gasteiger partial charge in [-0.05, 0) is 6.92 Å². The van der Waals surface area contributed by atoms with Crippen LogP contribution in [0.4, 0.5) is 10.5 Å². The minimum atomic E-state index is -0.961. The predicted octanol–water partition coefficient (Wildman–Crippen LogP) is -0.748. The van der Waals surface area contributed by atoms with Crippen LogP contribution in [-0.4, -0.2) is 51.7 Å². The molecule has 3 N–H and O–H groups in total. The van der Waals surface area contributed by atoms with Gasteiger partial charge in [0.2, 0.25) is 0 Å². The third kappa shape index (κ3) is 2.22. The highest BCUT2D eigenvalue weighted by Crippen LogP contribution is 2.14.